The van der Waals surface area contributed by atoms with Crippen LogP contribution in [0.5, 0.6) is 11.5 Å². The van der Waals surface area contributed by atoms with Gasteiger partial charge in [-0.3, -0.25) is 0 Å². The molecule has 0 bridgehead atoms. The molecule has 4 nitrogen and oxygen atoms in total. The van der Waals surface area contributed by atoms with E-state index in [4.69, 9.17) is 13.9 Å². The molecule has 1 aliphatic heterocycles. The quantitative estimate of drug-likeness (QED) is 0.447. The Bertz CT molecular complexity index is 1290. The average Bonchev–Trinajstić information content (AvgIpc) is 2.79. The minimum Gasteiger partial charge on any atom is -0.496 e. The van der Waals surface area contributed by atoms with Crippen molar-refractivity contribution in [1.82, 2.24) is 0 Å². The number of methoxy groups -OCH3 is 1. The highest BCUT2D eigenvalue weighted by molar-refractivity contribution is 5.87. The molecule has 0 fully saturated rings. The Morgan fingerprint density at radius 2 is 1.59 bits per heavy atom. The lowest BCUT2D eigenvalue weighted by Crippen LogP contribution is -2.20. The second-order valence-electron chi connectivity index (χ2n) is 6.85. The maximum atomic E-state index is 13.0. The van der Waals surface area contributed by atoms with Crippen molar-refractivity contribution in [2.75, 3.05) is 7.11 Å². The molecular formula is C25H18O4. The van der Waals surface area contributed by atoms with Crippen molar-refractivity contribution in [3.8, 4) is 11.5 Å². The second kappa shape index (κ2) is 6.99. The van der Waals surface area contributed by atoms with Gasteiger partial charge in [-0.25, -0.2) is 4.79 Å². The molecule has 4 aromatic rings. The van der Waals surface area contributed by atoms with Crippen molar-refractivity contribution in [2.45, 2.75) is 5.92 Å². The minimum absolute atomic E-state index is 0.356. The Morgan fingerprint density at radius 1 is 0.862 bits per heavy atom. The Balaban J connectivity index is 1.82. The van der Waals surface area contributed by atoms with Gasteiger partial charge < -0.3 is 13.9 Å². The van der Waals surface area contributed by atoms with E-state index in [-0.39, 0.29) is 5.92 Å². The number of allylic oxidation sites excluding steroid dienone is 1. The Labute approximate surface area is 167 Å². The van der Waals surface area contributed by atoms with Gasteiger partial charge in [0.25, 0.3) is 0 Å². The van der Waals surface area contributed by atoms with Gasteiger partial charge in [0.05, 0.1) is 18.1 Å². The van der Waals surface area contributed by atoms with Crippen LogP contribution in [0.4, 0.5) is 0 Å². The number of benzene rings is 3. The number of hydrogen-bond acceptors (Lipinski definition) is 4. The first-order chi connectivity index (χ1) is 14.3. The molecule has 1 atom stereocenters. The van der Waals surface area contributed by atoms with Gasteiger partial charge in [0, 0.05) is 17.0 Å². The maximum absolute atomic E-state index is 13.0. The van der Waals surface area contributed by atoms with E-state index in [0.29, 0.717) is 28.4 Å². The summed E-state index contributed by atoms with van der Waals surface area (Å²) in [7, 11) is 1.63. The summed E-state index contributed by atoms with van der Waals surface area (Å²) in [5.74, 6) is 1.59. The standard InChI is InChI=1S/C25H18O4/c1-27-20-13-7-5-11-17(20)19-15-22(16-9-3-2-4-10-16)28-24-18-12-6-8-14-21(18)29-25(26)23(19)24/h2-15,19H,1H3. The summed E-state index contributed by atoms with van der Waals surface area (Å²) in [5.41, 5.74) is 2.40. The predicted molar refractivity (Wildman–Crippen MR) is 112 cm³/mol. The van der Waals surface area contributed by atoms with Crippen LogP contribution < -0.4 is 15.1 Å². The molecule has 1 aliphatic rings. The van der Waals surface area contributed by atoms with Gasteiger partial charge in [0.15, 0.2) is 0 Å². The Morgan fingerprint density at radius 3 is 2.41 bits per heavy atom. The molecule has 2 heterocycles. The molecule has 0 saturated heterocycles. The van der Waals surface area contributed by atoms with E-state index in [1.807, 2.05) is 78.9 Å². The summed E-state index contributed by atoms with van der Waals surface area (Å²) in [6.45, 7) is 0. The summed E-state index contributed by atoms with van der Waals surface area (Å²) < 4.78 is 17.5. The maximum Gasteiger partial charge on any atom is 0.344 e. The van der Waals surface area contributed by atoms with E-state index >= 15 is 0 Å². The van der Waals surface area contributed by atoms with Crippen molar-refractivity contribution in [3.63, 3.8) is 0 Å². The van der Waals surface area contributed by atoms with Crippen LogP contribution in [0.3, 0.4) is 0 Å². The third-order valence-electron chi connectivity index (χ3n) is 5.17. The zero-order chi connectivity index (χ0) is 19.8. The molecule has 29 heavy (non-hydrogen) atoms. The van der Waals surface area contributed by atoms with Gasteiger partial charge in [-0.05, 0) is 24.3 Å². The van der Waals surface area contributed by atoms with Crippen LogP contribution in [0.2, 0.25) is 0 Å². The normalized spacial score (nSPS) is 15.3. The molecule has 4 heteroatoms. The summed E-state index contributed by atoms with van der Waals surface area (Å²) in [6.07, 6.45) is 1.96. The van der Waals surface area contributed by atoms with Crippen molar-refractivity contribution in [3.05, 3.63) is 112 Å². The fourth-order valence-electron chi connectivity index (χ4n) is 3.82. The van der Waals surface area contributed by atoms with Crippen molar-refractivity contribution >= 4 is 16.7 Å². The van der Waals surface area contributed by atoms with Crippen molar-refractivity contribution in [1.29, 1.82) is 0 Å². The fourth-order valence-corrected chi connectivity index (χ4v) is 3.82. The predicted octanol–water partition coefficient (Wildman–Crippen LogP) is 5.37. The van der Waals surface area contributed by atoms with E-state index in [1.54, 1.807) is 13.2 Å². The van der Waals surface area contributed by atoms with Crippen molar-refractivity contribution in [2.24, 2.45) is 0 Å². The van der Waals surface area contributed by atoms with Crippen LogP contribution in [0.15, 0.2) is 94.2 Å². The number of fused-ring (bicyclic) bond motifs is 3. The topological polar surface area (TPSA) is 48.7 Å². The highest BCUT2D eigenvalue weighted by Crippen LogP contribution is 2.44. The van der Waals surface area contributed by atoms with Crippen LogP contribution >= 0.6 is 0 Å². The molecule has 5 rings (SSSR count). The van der Waals surface area contributed by atoms with E-state index in [9.17, 15) is 4.79 Å². The van der Waals surface area contributed by atoms with Crippen LogP contribution in [0.25, 0.3) is 16.7 Å². The third-order valence-corrected chi connectivity index (χ3v) is 5.17. The molecule has 142 valence electrons. The van der Waals surface area contributed by atoms with E-state index in [1.165, 1.54) is 0 Å². The zero-order valence-corrected chi connectivity index (χ0v) is 15.8. The monoisotopic (exact) mass is 382 g/mol. The van der Waals surface area contributed by atoms with E-state index < -0.39 is 5.63 Å². The van der Waals surface area contributed by atoms with Gasteiger partial charge in [0.2, 0.25) is 0 Å². The lowest BCUT2D eigenvalue weighted by Gasteiger charge is -2.26. The van der Waals surface area contributed by atoms with Crippen LogP contribution in [-0.2, 0) is 0 Å². The highest BCUT2D eigenvalue weighted by Gasteiger charge is 2.31. The highest BCUT2D eigenvalue weighted by atomic mass is 16.5. The lowest BCUT2D eigenvalue weighted by atomic mass is 9.87. The van der Waals surface area contributed by atoms with E-state index in [2.05, 4.69) is 0 Å². The summed E-state index contributed by atoms with van der Waals surface area (Å²) in [4.78, 5) is 13.0. The molecule has 0 saturated carbocycles. The molecular weight excluding hydrogens is 364 g/mol. The number of rotatable bonds is 3. The van der Waals surface area contributed by atoms with Gasteiger partial charge in [-0.15, -0.1) is 0 Å². The van der Waals surface area contributed by atoms with E-state index in [0.717, 1.165) is 16.5 Å². The fraction of sp³-hybridized carbons (Fsp3) is 0.0800. The number of hydrogen-bond donors (Lipinski definition) is 0. The van der Waals surface area contributed by atoms with Gasteiger partial charge in [-0.2, -0.15) is 0 Å². The molecule has 0 radical (unpaired) electrons. The van der Waals surface area contributed by atoms with Crippen LogP contribution in [-0.4, -0.2) is 7.11 Å². The van der Waals surface area contributed by atoms with Crippen LogP contribution in [0.1, 0.15) is 22.6 Å². The second-order valence-corrected chi connectivity index (χ2v) is 6.85. The first kappa shape index (κ1) is 17.3. The number of para-hydroxylation sites is 2. The van der Waals surface area contributed by atoms with Crippen molar-refractivity contribution < 1.29 is 13.9 Å². The average molecular weight is 382 g/mol. The largest absolute Gasteiger partial charge is 0.496 e. The molecule has 0 spiro atoms. The SMILES string of the molecule is COc1ccccc1C1C=C(c2ccccc2)Oc2c1c(=O)oc1ccccc21. The van der Waals surface area contributed by atoms with Crippen LogP contribution in [0, 0.1) is 0 Å². The molecule has 3 aromatic carbocycles. The first-order valence-corrected chi connectivity index (χ1v) is 9.40. The molecule has 1 aromatic heterocycles. The molecule has 0 aliphatic carbocycles. The van der Waals surface area contributed by atoms with Gasteiger partial charge in [-0.1, -0.05) is 60.7 Å². The Kier molecular flexibility index (Phi) is 4.17. The van der Waals surface area contributed by atoms with Gasteiger partial charge >= 0.3 is 5.63 Å². The molecule has 0 N–H and O–H groups in total. The summed E-state index contributed by atoms with van der Waals surface area (Å²) >= 11 is 0. The zero-order valence-electron chi connectivity index (χ0n) is 15.8. The molecule has 1 unspecified atom stereocenters. The summed E-state index contributed by atoms with van der Waals surface area (Å²) in [5, 5.41) is 0.767. The Hall–Kier alpha value is -3.79. The molecule has 0 amide bonds. The first-order valence-electron chi connectivity index (χ1n) is 9.40. The third kappa shape index (κ3) is 2.90. The summed E-state index contributed by atoms with van der Waals surface area (Å²) in [6, 6.07) is 25.0. The number of ether oxygens (including phenoxy) is 2. The lowest BCUT2D eigenvalue weighted by molar-refractivity contribution is 0.407. The minimum atomic E-state index is -0.405. The smallest absolute Gasteiger partial charge is 0.344 e. The van der Waals surface area contributed by atoms with Gasteiger partial charge in [0.1, 0.15) is 22.8 Å².